The number of nitrogens with zero attached hydrogens (tertiary/aromatic N) is 1. The second kappa shape index (κ2) is 13.5. The van der Waals surface area contributed by atoms with E-state index in [1.807, 2.05) is 0 Å². The normalized spacial score (nSPS) is 9.79. The molecule has 4 nitrogen and oxygen atoms in total. The number of carboxylic acid groups (broad SMARTS) is 1. The first kappa shape index (κ1) is 18.1. The van der Waals surface area contributed by atoms with Gasteiger partial charge in [-0.05, 0) is 13.0 Å². The molecular weight excluding hydrogens is 260 g/mol. The van der Waals surface area contributed by atoms with Crippen molar-refractivity contribution in [2.45, 2.75) is 58.3 Å². The smallest absolute Gasteiger partial charge is 0.364 e. The SMILES string of the molecule is CCCCCCCCCCN.O=C(O)c1nccs1. The van der Waals surface area contributed by atoms with Crippen LogP contribution in [0, 0.1) is 0 Å². The van der Waals surface area contributed by atoms with Crippen LogP contribution in [0.15, 0.2) is 11.6 Å². The average molecular weight is 286 g/mol. The molecule has 1 heterocycles. The first-order chi connectivity index (χ1) is 9.22. The van der Waals surface area contributed by atoms with E-state index in [9.17, 15) is 4.79 Å². The Balaban J connectivity index is 0.000000356. The molecule has 110 valence electrons. The molecule has 0 spiro atoms. The Bertz CT molecular complexity index is 294. The Morgan fingerprint density at radius 1 is 1.21 bits per heavy atom. The standard InChI is InChI=1S/C10H23N.C4H3NO2S/c1-2-3-4-5-6-7-8-9-10-11;6-4(7)3-5-1-2-8-3/h2-11H2,1H3;1-2H,(H,6,7). The summed E-state index contributed by atoms with van der Waals surface area (Å²) >= 11 is 1.12. The van der Waals surface area contributed by atoms with Crippen molar-refractivity contribution < 1.29 is 9.90 Å². The van der Waals surface area contributed by atoms with Gasteiger partial charge in [-0.1, -0.05) is 51.9 Å². The van der Waals surface area contributed by atoms with Crippen LogP contribution in [0.5, 0.6) is 0 Å². The topological polar surface area (TPSA) is 76.2 Å². The van der Waals surface area contributed by atoms with Crippen molar-refractivity contribution in [3.05, 3.63) is 16.6 Å². The molecule has 0 fully saturated rings. The summed E-state index contributed by atoms with van der Waals surface area (Å²) in [6, 6.07) is 0. The highest BCUT2D eigenvalue weighted by Gasteiger charge is 2.01. The van der Waals surface area contributed by atoms with Gasteiger partial charge in [0.25, 0.3) is 0 Å². The molecule has 0 bridgehead atoms. The Labute approximate surface area is 120 Å². The molecule has 1 aromatic heterocycles. The molecule has 1 rings (SSSR count). The predicted octanol–water partition coefficient (Wildman–Crippen LogP) is 3.93. The van der Waals surface area contributed by atoms with Crippen molar-refractivity contribution >= 4 is 17.3 Å². The molecule has 0 aliphatic heterocycles. The number of hydrogen-bond acceptors (Lipinski definition) is 4. The highest BCUT2D eigenvalue weighted by atomic mass is 32.1. The largest absolute Gasteiger partial charge is 0.476 e. The van der Waals surface area contributed by atoms with E-state index >= 15 is 0 Å². The second-order valence-corrected chi connectivity index (χ2v) is 5.30. The maximum Gasteiger partial charge on any atom is 0.364 e. The molecule has 0 aliphatic carbocycles. The zero-order chi connectivity index (χ0) is 14.3. The molecule has 5 heteroatoms. The van der Waals surface area contributed by atoms with Crippen LogP contribution < -0.4 is 5.73 Å². The van der Waals surface area contributed by atoms with Crippen LogP contribution in [0.4, 0.5) is 0 Å². The monoisotopic (exact) mass is 286 g/mol. The number of aromatic nitrogens is 1. The van der Waals surface area contributed by atoms with Gasteiger partial charge >= 0.3 is 5.97 Å². The molecule has 0 aromatic carbocycles. The van der Waals surface area contributed by atoms with Crippen LogP contribution in [-0.4, -0.2) is 22.6 Å². The van der Waals surface area contributed by atoms with Crippen molar-refractivity contribution in [1.82, 2.24) is 4.98 Å². The summed E-state index contributed by atoms with van der Waals surface area (Å²) < 4.78 is 0. The number of carboxylic acids is 1. The zero-order valence-electron chi connectivity index (χ0n) is 11.8. The van der Waals surface area contributed by atoms with Crippen LogP contribution in [0.1, 0.15) is 68.1 Å². The molecule has 0 saturated heterocycles. The lowest BCUT2D eigenvalue weighted by Crippen LogP contribution is -1.97. The van der Waals surface area contributed by atoms with E-state index in [4.69, 9.17) is 10.8 Å². The molecule has 0 radical (unpaired) electrons. The Kier molecular flexibility index (Phi) is 12.8. The number of carbonyl (C=O) groups is 1. The van der Waals surface area contributed by atoms with Gasteiger partial charge in [-0.15, -0.1) is 11.3 Å². The van der Waals surface area contributed by atoms with E-state index in [0.29, 0.717) is 0 Å². The molecule has 3 N–H and O–H groups in total. The maximum atomic E-state index is 10.0. The van der Waals surface area contributed by atoms with Gasteiger partial charge in [0.2, 0.25) is 5.01 Å². The predicted molar refractivity (Wildman–Crippen MR) is 80.7 cm³/mol. The molecule has 0 aliphatic rings. The minimum Gasteiger partial charge on any atom is -0.476 e. The highest BCUT2D eigenvalue weighted by molar-refractivity contribution is 7.11. The molecule has 0 atom stereocenters. The number of thiazole rings is 1. The van der Waals surface area contributed by atoms with Crippen LogP contribution in [-0.2, 0) is 0 Å². The number of hydrogen-bond donors (Lipinski definition) is 2. The van der Waals surface area contributed by atoms with Gasteiger partial charge < -0.3 is 10.8 Å². The summed E-state index contributed by atoms with van der Waals surface area (Å²) in [5, 5.41) is 9.99. The number of aromatic carboxylic acids is 1. The molecule has 1 aromatic rings. The minimum atomic E-state index is -0.958. The zero-order valence-corrected chi connectivity index (χ0v) is 12.6. The summed E-state index contributed by atoms with van der Waals surface area (Å²) in [6.07, 6.45) is 12.4. The fourth-order valence-electron chi connectivity index (χ4n) is 1.61. The number of rotatable bonds is 9. The third-order valence-electron chi connectivity index (χ3n) is 2.67. The van der Waals surface area contributed by atoms with Crippen molar-refractivity contribution in [3.8, 4) is 0 Å². The fourth-order valence-corrected chi connectivity index (χ4v) is 2.08. The third-order valence-corrected chi connectivity index (χ3v) is 3.43. The first-order valence-corrected chi connectivity index (χ1v) is 7.93. The summed E-state index contributed by atoms with van der Waals surface area (Å²) in [5.41, 5.74) is 5.39. The lowest BCUT2D eigenvalue weighted by Gasteiger charge is -1.99. The van der Waals surface area contributed by atoms with Crippen molar-refractivity contribution in [1.29, 1.82) is 0 Å². The summed E-state index contributed by atoms with van der Waals surface area (Å²) in [7, 11) is 0. The van der Waals surface area contributed by atoms with E-state index in [1.54, 1.807) is 5.38 Å². The molecule has 0 amide bonds. The second-order valence-electron chi connectivity index (χ2n) is 4.41. The van der Waals surface area contributed by atoms with E-state index < -0.39 is 5.97 Å². The van der Waals surface area contributed by atoms with Crippen LogP contribution >= 0.6 is 11.3 Å². The van der Waals surface area contributed by atoms with Gasteiger partial charge in [0, 0.05) is 11.6 Å². The van der Waals surface area contributed by atoms with Gasteiger partial charge in [0.05, 0.1) is 0 Å². The molecule has 0 unspecified atom stereocenters. The van der Waals surface area contributed by atoms with Crippen molar-refractivity contribution in [2.75, 3.05) is 6.54 Å². The number of unbranched alkanes of at least 4 members (excludes halogenated alkanes) is 7. The van der Waals surface area contributed by atoms with Crippen LogP contribution in [0.3, 0.4) is 0 Å². The van der Waals surface area contributed by atoms with E-state index in [-0.39, 0.29) is 5.01 Å². The van der Waals surface area contributed by atoms with E-state index in [0.717, 1.165) is 17.9 Å². The lowest BCUT2D eigenvalue weighted by atomic mass is 10.1. The molecule has 19 heavy (non-hydrogen) atoms. The van der Waals surface area contributed by atoms with Gasteiger partial charge in [-0.25, -0.2) is 9.78 Å². The average Bonchev–Trinajstić information content (AvgIpc) is 2.93. The third kappa shape index (κ3) is 11.9. The quantitative estimate of drug-likeness (QED) is 0.674. The Morgan fingerprint density at radius 2 is 1.79 bits per heavy atom. The summed E-state index contributed by atoms with van der Waals surface area (Å²) in [6.45, 7) is 3.13. The summed E-state index contributed by atoms with van der Waals surface area (Å²) in [5.74, 6) is -0.958. The summed E-state index contributed by atoms with van der Waals surface area (Å²) in [4.78, 5) is 13.5. The fraction of sp³-hybridized carbons (Fsp3) is 0.714. The first-order valence-electron chi connectivity index (χ1n) is 7.05. The molecular formula is C14H26N2O2S. The van der Waals surface area contributed by atoms with Gasteiger partial charge in [0.1, 0.15) is 0 Å². The van der Waals surface area contributed by atoms with Gasteiger partial charge in [-0.2, -0.15) is 0 Å². The molecule has 0 saturated carbocycles. The van der Waals surface area contributed by atoms with E-state index in [1.165, 1.54) is 57.6 Å². The lowest BCUT2D eigenvalue weighted by molar-refractivity contribution is 0.0696. The Hall–Kier alpha value is -0.940. The van der Waals surface area contributed by atoms with Crippen molar-refractivity contribution in [3.63, 3.8) is 0 Å². The number of nitrogens with two attached hydrogens (primary N) is 1. The maximum absolute atomic E-state index is 10.0. The van der Waals surface area contributed by atoms with Crippen LogP contribution in [0.2, 0.25) is 0 Å². The van der Waals surface area contributed by atoms with Crippen molar-refractivity contribution in [2.24, 2.45) is 5.73 Å². The highest BCUT2D eigenvalue weighted by Crippen LogP contribution is 2.07. The minimum absolute atomic E-state index is 0.144. The van der Waals surface area contributed by atoms with Crippen LogP contribution in [0.25, 0.3) is 0 Å². The van der Waals surface area contributed by atoms with E-state index in [2.05, 4.69) is 11.9 Å². The van der Waals surface area contributed by atoms with Gasteiger partial charge in [0.15, 0.2) is 0 Å². The Morgan fingerprint density at radius 3 is 2.16 bits per heavy atom. The van der Waals surface area contributed by atoms with Gasteiger partial charge in [-0.3, -0.25) is 0 Å².